The van der Waals surface area contributed by atoms with Crippen molar-refractivity contribution in [3.8, 4) is 56.6 Å². The van der Waals surface area contributed by atoms with Crippen molar-refractivity contribution >= 4 is 32.7 Å². The third-order valence-electron chi connectivity index (χ3n) is 8.89. The molecule has 0 saturated heterocycles. The number of rotatable bonds is 6. The van der Waals surface area contributed by atoms with E-state index in [1.54, 1.807) is 6.07 Å². The van der Waals surface area contributed by atoms with Crippen LogP contribution in [0.4, 0.5) is 0 Å². The molecule has 0 saturated carbocycles. The maximum absolute atomic E-state index is 11.1. The van der Waals surface area contributed by atoms with Crippen LogP contribution in [-0.4, -0.2) is 19.6 Å². The minimum absolute atomic E-state index is 0. The second kappa shape index (κ2) is 13.1. The number of aromatic nitrogens is 3. The molecule has 50 heavy (non-hydrogen) atoms. The van der Waals surface area contributed by atoms with Gasteiger partial charge in [-0.25, -0.2) is 9.97 Å². The van der Waals surface area contributed by atoms with E-state index in [1.807, 2.05) is 103 Å². The van der Waals surface area contributed by atoms with Gasteiger partial charge in [-0.1, -0.05) is 126 Å². The Morgan fingerprint density at radius 2 is 1.28 bits per heavy atom. The number of aromatic hydroxyl groups is 1. The Kier molecular flexibility index (Phi) is 8.20. The summed E-state index contributed by atoms with van der Waals surface area (Å²) in [6.45, 7) is 0. The van der Waals surface area contributed by atoms with Crippen LogP contribution in [0.15, 0.2) is 164 Å². The number of phenolic OH excluding ortho intramolecular Hbond substituents is 1. The van der Waals surface area contributed by atoms with Gasteiger partial charge in [0.05, 0.1) is 0 Å². The molecule has 242 valence electrons. The van der Waals surface area contributed by atoms with E-state index in [1.165, 1.54) is 0 Å². The van der Waals surface area contributed by atoms with Gasteiger partial charge in [0.1, 0.15) is 17.1 Å². The maximum atomic E-state index is 11.1. The maximum Gasteiger partial charge on any atom is 0.217 e. The van der Waals surface area contributed by atoms with E-state index in [2.05, 4.69) is 65.2 Å². The van der Waals surface area contributed by atoms with Gasteiger partial charge in [-0.2, -0.15) is 0 Å². The summed E-state index contributed by atoms with van der Waals surface area (Å²) >= 11 is 0. The van der Waals surface area contributed by atoms with Crippen LogP contribution in [0.1, 0.15) is 0 Å². The van der Waals surface area contributed by atoms with E-state index in [-0.39, 0.29) is 26.8 Å². The third kappa shape index (κ3) is 5.52. The van der Waals surface area contributed by atoms with Gasteiger partial charge in [0.2, 0.25) is 5.88 Å². The van der Waals surface area contributed by atoms with Gasteiger partial charge in [-0.05, 0) is 58.0 Å². The number of pyridine rings is 2. The topological polar surface area (TPSA) is 60.2 Å². The Balaban J connectivity index is 0.00000361. The van der Waals surface area contributed by atoms with Gasteiger partial charge in [0.15, 0.2) is 0 Å². The van der Waals surface area contributed by atoms with Crippen LogP contribution in [-0.2, 0) is 21.1 Å². The van der Waals surface area contributed by atoms with Crippen molar-refractivity contribution in [2.24, 2.45) is 0 Å². The predicted octanol–water partition coefficient (Wildman–Crippen LogP) is 11.0. The molecule has 3 heterocycles. The molecule has 0 unspecified atom stereocenters. The second-order valence-electron chi connectivity index (χ2n) is 11.9. The summed E-state index contributed by atoms with van der Waals surface area (Å²) in [5.74, 6) is 1.73. The van der Waals surface area contributed by atoms with E-state index in [0.717, 1.165) is 66.4 Å². The van der Waals surface area contributed by atoms with E-state index in [0.29, 0.717) is 17.1 Å². The fraction of sp³-hybridized carbons (Fsp3) is 0. The molecule has 0 atom stereocenters. The zero-order valence-electron chi connectivity index (χ0n) is 26.6. The first kappa shape index (κ1) is 31.2. The van der Waals surface area contributed by atoms with Crippen LogP contribution in [0.25, 0.3) is 71.9 Å². The number of ether oxygens (including phenoxy) is 1. The molecule has 0 fully saturated rings. The SMILES string of the molecule is Oc1cc(-c2ccccc2)cc2ccc(Oc3[c-]c4c(c(-c5ccccc5)c3)c3cccc(-c5ccccc5)c3n4-c3ccccn3)nc12.[Pt]. The molecule has 0 spiro atoms. The average molecular weight is 826 g/mol. The van der Waals surface area contributed by atoms with Crippen LogP contribution in [0.2, 0.25) is 0 Å². The number of phenols is 1. The summed E-state index contributed by atoms with van der Waals surface area (Å²) in [4.78, 5) is 9.56. The second-order valence-corrected chi connectivity index (χ2v) is 11.9. The Bertz CT molecular complexity index is 2630. The van der Waals surface area contributed by atoms with Crippen LogP contribution < -0.4 is 4.74 Å². The zero-order chi connectivity index (χ0) is 32.7. The van der Waals surface area contributed by atoms with Crippen molar-refractivity contribution in [2.75, 3.05) is 0 Å². The minimum atomic E-state index is 0. The van der Waals surface area contributed by atoms with Gasteiger partial charge in [0.25, 0.3) is 0 Å². The molecular formula is C44H28N3O2Pt-. The molecule has 5 nitrogen and oxygen atoms in total. The van der Waals surface area contributed by atoms with E-state index in [9.17, 15) is 5.11 Å². The Morgan fingerprint density at radius 3 is 1.98 bits per heavy atom. The van der Waals surface area contributed by atoms with Crippen molar-refractivity contribution in [1.29, 1.82) is 0 Å². The van der Waals surface area contributed by atoms with Crippen LogP contribution in [0, 0.1) is 6.07 Å². The van der Waals surface area contributed by atoms with Crippen LogP contribution in [0.5, 0.6) is 17.4 Å². The van der Waals surface area contributed by atoms with Gasteiger partial charge >= 0.3 is 0 Å². The normalized spacial score (nSPS) is 11.1. The first-order chi connectivity index (χ1) is 24.2. The smallest absolute Gasteiger partial charge is 0.217 e. The van der Waals surface area contributed by atoms with Crippen LogP contribution >= 0.6 is 0 Å². The zero-order valence-corrected chi connectivity index (χ0v) is 28.9. The molecule has 0 aliphatic rings. The molecule has 3 aromatic heterocycles. The number of hydrogen-bond donors (Lipinski definition) is 1. The summed E-state index contributed by atoms with van der Waals surface area (Å²) in [6.07, 6.45) is 1.81. The molecule has 9 rings (SSSR count). The van der Waals surface area contributed by atoms with E-state index >= 15 is 0 Å². The fourth-order valence-electron chi connectivity index (χ4n) is 6.72. The molecule has 9 aromatic rings. The number of nitrogens with zero attached hydrogens (tertiary/aromatic N) is 3. The van der Waals surface area contributed by atoms with Crippen molar-refractivity contribution in [1.82, 2.24) is 14.5 Å². The molecule has 6 heteroatoms. The van der Waals surface area contributed by atoms with E-state index < -0.39 is 0 Å². The minimum Gasteiger partial charge on any atom is -0.506 e. The van der Waals surface area contributed by atoms with Crippen molar-refractivity contribution < 1.29 is 30.9 Å². The molecule has 0 amide bonds. The Morgan fingerprint density at radius 1 is 0.600 bits per heavy atom. The molecule has 0 aliphatic heterocycles. The first-order valence-corrected chi connectivity index (χ1v) is 16.1. The van der Waals surface area contributed by atoms with Crippen LogP contribution in [0.3, 0.4) is 0 Å². The molecule has 0 radical (unpaired) electrons. The van der Waals surface area contributed by atoms with Gasteiger partial charge in [0, 0.05) is 55.5 Å². The predicted molar refractivity (Wildman–Crippen MR) is 197 cm³/mol. The monoisotopic (exact) mass is 825 g/mol. The summed E-state index contributed by atoms with van der Waals surface area (Å²) in [6, 6.07) is 56.3. The van der Waals surface area contributed by atoms with Gasteiger partial charge < -0.3 is 14.4 Å². The van der Waals surface area contributed by atoms with Crippen molar-refractivity contribution in [3.63, 3.8) is 0 Å². The third-order valence-corrected chi connectivity index (χ3v) is 8.89. The summed E-state index contributed by atoms with van der Waals surface area (Å²) < 4.78 is 8.69. The Labute approximate surface area is 303 Å². The number of hydrogen-bond acceptors (Lipinski definition) is 4. The van der Waals surface area contributed by atoms with Gasteiger partial charge in [-0.15, -0.1) is 17.7 Å². The van der Waals surface area contributed by atoms with Crippen molar-refractivity contribution in [3.05, 3.63) is 170 Å². The molecule has 1 N–H and O–H groups in total. The number of fused-ring (bicyclic) bond motifs is 4. The first-order valence-electron chi connectivity index (χ1n) is 16.1. The standard InChI is InChI=1S/C44H28N3O2.Pt/c48-39-26-33(29-13-4-1-5-14-29)25-32-22-23-41(46-43(32)39)49-34-27-37(31-17-8-3-9-18-31)42-36-20-12-19-35(30-15-6-2-7-16-30)44(36)47(38(42)28-34)40-21-10-11-24-45-40;/h1-27,48H;/q-1;. The molecule has 0 aliphatic carbocycles. The fourth-order valence-corrected chi connectivity index (χ4v) is 6.72. The van der Waals surface area contributed by atoms with E-state index in [4.69, 9.17) is 14.7 Å². The molecular weight excluding hydrogens is 798 g/mol. The summed E-state index contributed by atoms with van der Waals surface area (Å²) in [5, 5.41) is 14.0. The Hall–Kier alpha value is -6.03. The van der Waals surface area contributed by atoms with Gasteiger partial charge in [-0.3, -0.25) is 0 Å². The largest absolute Gasteiger partial charge is 0.506 e. The summed E-state index contributed by atoms with van der Waals surface area (Å²) in [7, 11) is 0. The molecule has 0 bridgehead atoms. The molecule has 6 aromatic carbocycles. The number of para-hydroxylation sites is 1. The van der Waals surface area contributed by atoms with Crippen molar-refractivity contribution in [2.45, 2.75) is 0 Å². The average Bonchev–Trinajstić information content (AvgIpc) is 3.50. The quantitative estimate of drug-likeness (QED) is 0.170. The summed E-state index contributed by atoms with van der Waals surface area (Å²) in [5.41, 5.74) is 8.55. The number of benzene rings is 6.